The van der Waals surface area contributed by atoms with Crippen molar-refractivity contribution in [2.24, 2.45) is 56.7 Å². The minimum atomic E-state index is -0.623. The van der Waals surface area contributed by atoms with E-state index >= 15 is 0 Å². The molecule has 0 spiro atoms. The number of ether oxygens (including phenoxy) is 2. The Morgan fingerprint density at radius 1 is 1.15 bits per heavy atom. The number of hydrogen-bond donors (Lipinski definition) is 2. The molecule has 0 radical (unpaired) electrons. The summed E-state index contributed by atoms with van der Waals surface area (Å²) in [6, 6.07) is 0.176. The van der Waals surface area contributed by atoms with E-state index in [1.807, 2.05) is 0 Å². The van der Waals surface area contributed by atoms with Gasteiger partial charge in [0, 0.05) is 16.9 Å². The fraction of sp³-hybridized carbons (Fsp3) is 0.895. The van der Waals surface area contributed by atoms with Gasteiger partial charge in [0.05, 0.1) is 31.8 Å². The van der Waals surface area contributed by atoms with Gasteiger partial charge in [0.25, 0.3) is 5.95 Å². The van der Waals surface area contributed by atoms with Gasteiger partial charge in [0.15, 0.2) is 0 Å². The van der Waals surface area contributed by atoms with E-state index in [0.29, 0.717) is 49.5 Å². The van der Waals surface area contributed by atoms with Crippen LogP contribution < -0.4 is 5.73 Å². The largest absolute Gasteiger partial charge is 0.481 e. The summed E-state index contributed by atoms with van der Waals surface area (Å²) in [5.41, 5.74) is 6.37. The van der Waals surface area contributed by atoms with E-state index in [1.165, 1.54) is 5.57 Å². The number of fused-ring (bicyclic) bond motifs is 3. The number of carboxylic acids is 1. The van der Waals surface area contributed by atoms with Gasteiger partial charge in [-0.25, -0.2) is 0 Å². The summed E-state index contributed by atoms with van der Waals surface area (Å²) in [5, 5.41) is 24.2. The van der Waals surface area contributed by atoms with E-state index in [2.05, 4.69) is 95.9 Å². The number of carboxylic acid groups (broad SMARTS) is 1. The highest BCUT2D eigenvalue weighted by Gasteiger charge is 2.72. The SMILES string of the molecule is CCC[C@@H](CO[C@H]1[C@H](n2nnc(N)n2)C[C@@]23COC[C@]1(C)[C@@H]2CC[C@H]1C3=CC[C@@]2(C)[C@H](C(=O)O)[C@@](C)([C@H](C)C(C)C)CC[C@]12C)N(C)C. The third kappa shape index (κ3) is 5.03. The smallest absolute Gasteiger partial charge is 0.307 e. The summed E-state index contributed by atoms with van der Waals surface area (Å²) >= 11 is 0. The van der Waals surface area contributed by atoms with E-state index in [4.69, 9.17) is 15.2 Å². The molecule has 0 aromatic carbocycles. The van der Waals surface area contributed by atoms with Crippen LogP contribution in [0.1, 0.15) is 113 Å². The first-order chi connectivity index (χ1) is 22.5. The third-order valence-corrected chi connectivity index (χ3v) is 15.7. The molecule has 3 saturated carbocycles. The molecule has 2 heterocycles. The molecule has 2 bridgehead atoms. The molecule has 10 heteroatoms. The third-order valence-electron chi connectivity index (χ3n) is 15.7. The molecule has 6 rings (SSSR count). The molecule has 12 atom stereocenters. The Hall–Kier alpha value is -2.04. The zero-order valence-electron chi connectivity index (χ0n) is 31.5. The van der Waals surface area contributed by atoms with E-state index in [0.717, 1.165) is 51.4 Å². The Balaban J connectivity index is 1.43. The second-order valence-corrected chi connectivity index (χ2v) is 18.2. The summed E-state index contributed by atoms with van der Waals surface area (Å²) in [6.45, 7) is 20.4. The van der Waals surface area contributed by atoms with Gasteiger partial charge in [-0.05, 0) is 104 Å². The van der Waals surface area contributed by atoms with Gasteiger partial charge < -0.3 is 25.2 Å². The van der Waals surface area contributed by atoms with E-state index < -0.39 is 11.9 Å². The Labute approximate surface area is 288 Å². The van der Waals surface area contributed by atoms with Crippen molar-refractivity contribution in [3.63, 3.8) is 0 Å². The van der Waals surface area contributed by atoms with E-state index in [-0.39, 0.29) is 45.2 Å². The maximum absolute atomic E-state index is 13.4. The van der Waals surface area contributed by atoms with Crippen molar-refractivity contribution in [2.45, 2.75) is 125 Å². The topological polar surface area (TPSA) is 129 Å². The van der Waals surface area contributed by atoms with Crippen molar-refractivity contribution in [3.05, 3.63) is 11.6 Å². The van der Waals surface area contributed by atoms with Gasteiger partial charge in [0.2, 0.25) is 0 Å². The van der Waals surface area contributed by atoms with Gasteiger partial charge in [0.1, 0.15) is 6.04 Å². The van der Waals surface area contributed by atoms with Gasteiger partial charge >= 0.3 is 5.97 Å². The molecule has 48 heavy (non-hydrogen) atoms. The van der Waals surface area contributed by atoms with E-state index in [9.17, 15) is 9.90 Å². The number of aromatic nitrogens is 4. The van der Waals surface area contributed by atoms with Crippen molar-refractivity contribution in [1.29, 1.82) is 0 Å². The molecule has 4 aliphatic carbocycles. The minimum absolute atomic E-state index is 0.137. The van der Waals surface area contributed by atoms with Crippen LogP contribution in [0.2, 0.25) is 0 Å². The number of rotatable bonds is 10. The van der Waals surface area contributed by atoms with Gasteiger partial charge in [-0.3, -0.25) is 4.79 Å². The molecule has 1 saturated heterocycles. The highest BCUT2D eigenvalue weighted by molar-refractivity contribution is 5.73. The fourth-order valence-electron chi connectivity index (χ4n) is 12.5. The van der Waals surface area contributed by atoms with Crippen LogP contribution in [0, 0.1) is 56.7 Å². The standard InChI is InChI=1S/C38H64N6O4/c1-11-12-25(43(9)10)20-48-31-28(44-41-33(39)40-42-44)19-38-22-47-21-35(31,6)29(38)14-13-26-27(38)15-16-37(8)30(32(45)46)34(5,24(4)23(2)3)17-18-36(26,37)7/h15,23-26,28-31H,11-14,16-22H2,1-10H3,(H2,39,41)(H,45,46)/t24-,25+,26+,28-,29+,30-,31+,34-,35-,36-,37+,38+/m1/s1. The van der Waals surface area contributed by atoms with Crippen molar-refractivity contribution >= 4 is 11.9 Å². The molecule has 5 aliphatic rings. The molecule has 4 fully saturated rings. The van der Waals surface area contributed by atoms with Crippen LogP contribution in [0.4, 0.5) is 5.95 Å². The number of nitrogen functional groups attached to an aromatic ring is 1. The second-order valence-electron chi connectivity index (χ2n) is 18.2. The molecule has 1 aromatic rings. The van der Waals surface area contributed by atoms with Crippen molar-refractivity contribution < 1.29 is 19.4 Å². The highest BCUT2D eigenvalue weighted by atomic mass is 16.5. The predicted molar refractivity (Wildman–Crippen MR) is 187 cm³/mol. The summed E-state index contributed by atoms with van der Waals surface area (Å²) in [5.74, 6) is 0.569. The lowest BCUT2D eigenvalue weighted by Crippen LogP contribution is -2.69. The molecule has 3 N–H and O–H groups in total. The lowest BCUT2D eigenvalue weighted by molar-refractivity contribution is -0.253. The van der Waals surface area contributed by atoms with Crippen molar-refractivity contribution in [2.75, 3.05) is 39.6 Å². The number of anilines is 1. The van der Waals surface area contributed by atoms with Gasteiger partial charge in [-0.15, -0.1) is 5.10 Å². The maximum Gasteiger partial charge on any atom is 0.307 e. The Kier molecular flexibility index (Phi) is 9.19. The summed E-state index contributed by atoms with van der Waals surface area (Å²) < 4.78 is 13.8. The van der Waals surface area contributed by atoms with Crippen LogP contribution in [0.5, 0.6) is 0 Å². The quantitative estimate of drug-likeness (QED) is 0.269. The molecule has 1 aliphatic heterocycles. The molecule has 270 valence electrons. The molecule has 0 unspecified atom stereocenters. The van der Waals surface area contributed by atoms with E-state index in [1.54, 1.807) is 4.80 Å². The van der Waals surface area contributed by atoms with Crippen LogP contribution in [0.15, 0.2) is 11.6 Å². The number of likely N-dealkylation sites (N-methyl/N-ethyl adjacent to an activating group) is 1. The number of allylic oxidation sites excluding steroid dienone is 1. The average molecular weight is 669 g/mol. The van der Waals surface area contributed by atoms with Crippen LogP contribution in [0.3, 0.4) is 0 Å². The number of tetrazole rings is 1. The maximum atomic E-state index is 13.4. The number of nitrogens with two attached hydrogens (primary N) is 1. The normalized spacial score (nSPS) is 43.6. The first-order valence-electron chi connectivity index (χ1n) is 18.8. The van der Waals surface area contributed by atoms with Crippen LogP contribution >= 0.6 is 0 Å². The highest BCUT2D eigenvalue weighted by Crippen LogP contribution is 2.75. The van der Waals surface area contributed by atoms with Crippen LogP contribution in [-0.2, 0) is 14.3 Å². The van der Waals surface area contributed by atoms with Gasteiger partial charge in [-0.1, -0.05) is 78.6 Å². The Morgan fingerprint density at radius 3 is 2.48 bits per heavy atom. The number of hydrogen-bond acceptors (Lipinski definition) is 8. The number of nitrogens with zero attached hydrogens (tertiary/aromatic N) is 5. The second kappa shape index (κ2) is 12.3. The van der Waals surface area contributed by atoms with Crippen LogP contribution in [-0.4, -0.2) is 82.2 Å². The molecular formula is C38H64N6O4. The number of carbonyl (C=O) groups is 1. The number of aliphatic carboxylic acids is 1. The first-order valence-corrected chi connectivity index (χ1v) is 18.8. The fourth-order valence-corrected chi connectivity index (χ4v) is 12.5. The zero-order chi connectivity index (χ0) is 35.0. The Morgan fingerprint density at radius 2 is 1.88 bits per heavy atom. The summed E-state index contributed by atoms with van der Waals surface area (Å²) in [4.78, 5) is 17.5. The zero-order valence-corrected chi connectivity index (χ0v) is 31.5. The lowest BCUT2D eigenvalue weighted by Gasteiger charge is -2.71. The average Bonchev–Trinajstić information content (AvgIpc) is 3.45. The minimum Gasteiger partial charge on any atom is -0.481 e. The molecule has 10 nitrogen and oxygen atoms in total. The first kappa shape index (κ1) is 35.8. The molecular weight excluding hydrogens is 604 g/mol. The summed E-state index contributed by atoms with van der Waals surface area (Å²) in [7, 11) is 4.27. The van der Waals surface area contributed by atoms with Gasteiger partial charge in [-0.2, -0.15) is 4.80 Å². The lowest BCUT2D eigenvalue weighted by atomic mass is 9.34. The monoisotopic (exact) mass is 668 g/mol. The molecule has 0 amide bonds. The Bertz CT molecular complexity index is 1400. The molecule has 1 aromatic heterocycles. The summed E-state index contributed by atoms with van der Waals surface area (Å²) in [6.07, 6.45) is 10.2. The van der Waals surface area contributed by atoms with Crippen LogP contribution in [0.25, 0.3) is 0 Å². The van der Waals surface area contributed by atoms with Crippen molar-refractivity contribution in [3.8, 4) is 0 Å². The predicted octanol–water partition coefficient (Wildman–Crippen LogP) is 6.50. The van der Waals surface area contributed by atoms with Crippen molar-refractivity contribution in [1.82, 2.24) is 25.1 Å².